The van der Waals surface area contributed by atoms with Crippen LogP contribution in [0.25, 0.3) is 10.8 Å². The van der Waals surface area contributed by atoms with Crippen molar-refractivity contribution in [3.63, 3.8) is 0 Å². The Bertz CT molecular complexity index is 3290. The molecule has 0 aliphatic carbocycles. The van der Waals surface area contributed by atoms with Crippen molar-refractivity contribution in [2.45, 2.75) is 71.3 Å². The van der Waals surface area contributed by atoms with Crippen molar-refractivity contribution in [3.8, 4) is 11.6 Å². The van der Waals surface area contributed by atoms with Gasteiger partial charge < -0.3 is 4.74 Å². The Morgan fingerprint density at radius 3 is 1.14 bits per heavy atom. The van der Waals surface area contributed by atoms with Gasteiger partial charge in [0.05, 0.1) is 5.39 Å². The Balaban J connectivity index is 0.000000239. The molecule has 0 saturated heterocycles. The van der Waals surface area contributed by atoms with Gasteiger partial charge in [0.25, 0.3) is 0 Å². The molecule has 8 rings (SSSR count). The average molecular weight is 1160 g/mol. The zero-order chi connectivity index (χ0) is 59.4. The molecule has 1 heterocycles. The molecule has 0 bridgehead atoms. The first kappa shape index (κ1) is 60.7. The molecule has 7 aromatic carbocycles. The van der Waals surface area contributed by atoms with Gasteiger partial charge in [-0.1, -0.05) is 113 Å². The predicted octanol–water partition coefficient (Wildman–Crippen LogP) is 14.3. The van der Waals surface area contributed by atoms with E-state index in [4.69, 9.17) is 4.74 Å². The van der Waals surface area contributed by atoms with E-state index in [1.54, 1.807) is 0 Å². The molecule has 8 aromatic rings. The number of fused-ring (bicyclic) bond motifs is 1. The normalized spacial score (nSPS) is 11.6. The summed E-state index contributed by atoms with van der Waals surface area (Å²) in [6, 6.07) is 28.0. The van der Waals surface area contributed by atoms with Crippen LogP contribution in [0.1, 0.15) is 74.2 Å². The molecule has 0 aliphatic heterocycles. The molecule has 0 fully saturated rings. The number of halogens is 20. The number of ether oxygens (including phenoxy) is 1. The number of Topliss-reactive ketones (excluding diaryl/α,β-unsaturated/α-hetero) is 1. The standard InChI is InChI=1S/C33H38NO2.C24BF20/c1-2-3-4-5-6-7-8-10-15-27-20-22-30(23-21-27)36-33-31-19-14-13-16-28(31)24-25-34(33)26-32(35)29-17-11-9-12-18-29;26-5-1(6(27)14(35)21(42)13(5)34)25(2-7(28)15(36)22(43)16(37)8(2)29,3-9(30)17(38)23(44)18(39)10(3)31)4-11(32)19(40)24(45)20(41)12(4)33/h9,11-14,16-25H,2-8,10,15,26H2,1H3;/q+1;-1. The summed E-state index contributed by atoms with van der Waals surface area (Å²) in [5.74, 6) is -69.9. The van der Waals surface area contributed by atoms with E-state index < -0.39 is 144 Å². The Labute approximate surface area is 447 Å². The van der Waals surface area contributed by atoms with Crippen LogP contribution in [0.3, 0.4) is 0 Å². The first-order chi connectivity index (χ1) is 38.4. The van der Waals surface area contributed by atoms with Crippen molar-refractivity contribution in [2.24, 2.45) is 0 Å². The number of nitrogens with zero attached hydrogens (tertiary/aromatic N) is 1. The van der Waals surface area contributed by atoms with Crippen LogP contribution in [-0.4, -0.2) is 11.9 Å². The van der Waals surface area contributed by atoms with Crippen molar-refractivity contribution in [3.05, 3.63) is 219 Å². The predicted molar refractivity (Wildman–Crippen MR) is 257 cm³/mol. The molecule has 426 valence electrons. The number of rotatable bonds is 18. The number of hydrogen-bond donors (Lipinski definition) is 0. The average Bonchev–Trinajstić information content (AvgIpc) is 3.09. The molecule has 0 atom stereocenters. The zero-order valence-corrected chi connectivity index (χ0v) is 41.6. The largest absolute Gasteiger partial charge is 0.405 e. The van der Waals surface area contributed by atoms with Gasteiger partial charge in [0, 0.05) is 11.6 Å². The summed E-state index contributed by atoms with van der Waals surface area (Å²) in [5.41, 5.74) is -12.3. The number of unbranched alkanes of at least 4 members (excludes halogenated alkanes) is 7. The van der Waals surface area contributed by atoms with E-state index in [-0.39, 0.29) is 12.3 Å². The molecule has 0 N–H and O–H groups in total. The van der Waals surface area contributed by atoms with E-state index in [1.165, 1.54) is 56.9 Å². The lowest BCUT2D eigenvalue weighted by molar-refractivity contribution is -0.685. The Kier molecular flexibility index (Phi) is 18.9. The third kappa shape index (κ3) is 11.4. The molecular weight excluding hydrogens is 1120 g/mol. The van der Waals surface area contributed by atoms with E-state index in [2.05, 4.69) is 25.1 Å². The highest BCUT2D eigenvalue weighted by atomic mass is 19.2. The van der Waals surface area contributed by atoms with Gasteiger partial charge in [-0.05, 0) is 42.0 Å². The second-order valence-electron chi connectivity index (χ2n) is 18.4. The summed E-state index contributed by atoms with van der Waals surface area (Å²) in [5, 5.41) is 2.08. The zero-order valence-electron chi connectivity index (χ0n) is 41.6. The first-order valence-electron chi connectivity index (χ1n) is 24.4. The number of benzene rings is 7. The summed E-state index contributed by atoms with van der Waals surface area (Å²) in [7, 11) is 0. The van der Waals surface area contributed by atoms with Gasteiger partial charge in [0.2, 0.25) is 12.3 Å². The molecule has 1 aromatic heterocycles. The lowest BCUT2D eigenvalue weighted by Crippen LogP contribution is -2.81. The Morgan fingerprint density at radius 2 is 0.741 bits per heavy atom. The highest BCUT2D eigenvalue weighted by Crippen LogP contribution is 2.32. The number of aryl methyl sites for hydroxylation is 1. The van der Waals surface area contributed by atoms with Gasteiger partial charge in [0.15, 0.2) is 76.0 Å². The topological polar surface area (TPSA) is 30.2 Å². The second-order valence-corrected chi connectivity index (χ2v) is 18.4. The van der Waals surface area contributed by atoms with Crippen molar-refractivity contribution in [1.82, 2.24) is 0 Å². The fraction of sp³-hybridized carbons (Fsp3) is 0.193. The summed E-state index contributed by atoms with van der Waals surface area (Å²) in [6.07, 6.45) is 6.52. The summed E-state index contributed by atoms with van der Waals surface area (Å²) < 4.78 is 302. The van der Waals surface area contributed by atoms with Crippen molar-refractivity contribution in [1.29, 1.82) is 0 Å². The van der Waals surface area contributed by atoms with Gasteiger partial charge in [-0.3, -0.25) is 4.79 Å². The molecule has 0 amide bonds. The van der Waals surface area contributed by atoms with Gasteiger partial charge in [-0.25, -0.2) is 87.8 Å². The summed E-state index contributed by atoms with van der Waals surface area (Å²) in [4.78, 5) is 12.9. The molecule has 0 spiro atoms. The number of ketones is 1. The molecule has 0 aliphatic rings. The summed E-state index contributed by atoms with van der Waals surface area (Å²) >= 11 is 0. The third-order valence-corrected chi connectivity index (χ3v) is 13.5. The van der Waals surface area contributed by atoms with Crippen LogP contribution in [-0.2, 0) is 13.0 Å². The second kappa shape index (κ2) is 25.3. The quantitative estimate of drug-likeness (QED) is 0.0163. The SMILES string of the molecule is CCCCCCCCCCc1ccc(Oc2c3ccccc3cc[n+]2CC(=O)c2ccccc2)cc1.Fc1c(F)c(F)c([B-](c2c(F)c(F)c(F)c(F)c2F)(c2c(F)c(F)c(F)c(F)c2F)c2c(F)c(F)c(F)c(F)c2F)c(F)c1F. The van der Waals surface area contributed by atoms with Crippen LogP contribution in [0.4, 0.5) is 87.8 Å². The number of carbonyl (C=O) groups excluding carboxylic acids is 1. The number of hydrogen-bond acceptors (Lipinski definition) is 2. The van der Waals surface area contributed by atoms with Crippen LogP contribution in [0, 0.1) is 116 Å². The van der Waals surface area contributed by atoms with Crippen LogP contribution >= 0.6 is 0 Å². The smallest absolute Gasteiger partial charge is 0.381 e. The van der Waals surface area contributed by atoms with Crippen LogP contribution in [0.2, 0.25) is 0 Å². The highest BCUT2D eigenvalue weighted by Gasteiger charge is 2.52. The lowest BCUT2D eigenvalue weighted by Gasteiger charge is -2.44. The number of pyridine rings is 1. The van der Waals surface area contributed by atoms with E-state index in [0.717, 1.165) is 22.9 Å². The maximum absolute atomic E-state index is 15.4. The van der Waals surface area contributed by atoms with Crippen LogP contribution < -0.4 is 31.2 Å². The van der Waals surface area contributed by atoms with E-state index in [0.29, 0.717) is 11.4 Å². The highest BCUT2D eigenvalue weighted by molar-refractivity contribution is 7.20. The molecule has 3 nitrogen and oxygen atoms in total. The molecular formula is C57H38BF20NO2. The van der Waals surface area contributed by atoms with E-state index >= 15 is 35.1 Å². The molecule has 0 saturated carbocycles. The van der Waals surface area contributed by atoms with Crippen molar-refractivity contribution >= 4 is 44.6 Å². The van der Waals surface area contributed by atoms with Crippen LogP contribution in [0.15, 0.2) is 91.1 Å². The minimum Gasteiger partial charge on any atom is -0.405 e. The molecule has 24 heteroatoms. The Morgan fingerprint density at radius 1 is 0.395 bits per heavy atom. The molecule has 0 unspecified atom stereocenters. The molecule has 81 heavy (non-hydrogen) atoms. The van der Waals surface area contributed by atoms with Crippen molar-refractivity contribution < 1.29 is 102 Å². The Hall–Kier alpha value is -7.92. The summed E-state index contributed by atoms with van der Waals surface area (Å²) in [6.45, 7) is 2.49. The fourth-order valence-electron chi connectivity index (χ4n) is 9.51. The van der Waals surface area contributed by atoms with Gasteiger partial charge in [-0.15, -0.1) is 21.9 Å². The first-order valence-corrected chi connectivity index (χ1v) is 24.4. The minimum absolute atomic E-state index is 0.0569. The van der Waals surface area contributed by atoms with Crippen molar-refractivity contribution in [2.75, 3.05) is 0 Å². The van der Waals surface area contributed by atoms with Gasteiger partial charge >= 0.3 is 5.88 Å². The number of carbonyl (C=O) groups is 1. The maximum atomic E-state index is 15.4. The van der Waals surface area contributed by atoms with Gasteiger partial charge in [0.1, 0.15) is 58.4 Å². The fourth-order valence-corrected chi connectivity index (χ4v) is 9.51. The molecule has 0 radical (unpaired) electrons. The van der Waals surface area contributed by atoms with Gasteiger partial charge in [-0.2, -0.15) is 4.57 Å². The third-order valence-electron chi connectivity index (χ3n) is 13.5. The number of aromatic nitrogens is 1. The van der Waals surface area contributed by atoms with Crippen LogP contribution in [0.5, 0.6) is 11.6 Å². The maximum Gasteiger partial charge on any atom is 0.381 e. The monoisotopic (exact) mass is 1160 g/mol. The van der Waals surface area contributed by atoms with E-state index in [9.17, 15) is 57.5 Å². The lowest BCUT2D eigenvalue weighted by atomic mass is 9.12. The van der Waals surface area contributed by atoms with E-state index in [1.807, 2.05) is 77.5 Å². The minimum atomic E-state index is -7.22.